The minimum absolute atomic E-state index is 0.0222. The average Bonchev–Trinajstić information content (AvgIpc) is 2.61. The topological polar surface area (TPSA) is 78.4 Å². The van der Waals surface area contributed by atoms with Gasteiger partial charge in [0, 0.05) is 6.54 Å². The Morgan fingerprint density at radius 1 is 1.35 bits per heavy atom. The molecule has 2 amide bonds. The van der Waals surface area contributed by atoms with Gasteiger partial charge in [-0.25, -0.2) is 4.79 Å². The highest BCUT2D eigenvalue weighted by atomic mass is 16.4. The second-order valence-electron chi connectivity index (χ2n) is 5.77. The molecule has 0 spiro atoms. The van der Waals surface area contributed by atoms with Crippen LogP contribution in [0.25, 0.3) is 0 Å². The number of carboxylic acid groups (broad SMARTS) is 1. The highest BCUT2D eigenvalue weighted by Crippen LogP contribution is 2.44. The van der Waals surface area contributed by atoms with Crippen molar-refractivity contribution in [1.82, 2.24) is 10.6 Å². The normalized spacial score (nSPS) is 19.2. The molecule has 5 nitrogen and oxygen atoms in total. The van der Waals surface area contributed by atoms with Crippen LogP contribution in [0, 0.1) is 0 Å². The molecule has 0 aliphatic heterocycles. The summed E-state index contributed by atoms with van der Waals surface area (Å²) in [6.07, 6.45) is 0.777. The van der Waals surface area contributed by atoms with E-state index in [0.717, 1.165) is 12.0 Å². The van der Waals surface area contributed by atoms with Gasteiger partial charge in [0.05, 0.1) is 12.5 Å². The smallest absolute Gasteiger partial charge is 0.315 e. The number of hydrogen-bond donors (Lipinski definition) is 3. The number of carbonyl (C=O) groups is 2. The molecule has 0 heterocycles. The molecular weight excluding hydrogens is 256 g/mol. The van der Waals surface area contributed by atoms with E-state index < -0.39 is 5.97 Å². The van der Waals surface area contributed by atoms with Gasteiger partial charge in [-0.15, -0.1) is 0 Å². The molecule has 0 saturated heterocycles. The predicted octanol–water partition coefficient (Wildman–Crippen LogP) is 2.18. The lowest BCUT2D eigenvalue weighted by atomic mass is 9.86. The Bertz CT molecular complexity index is 526. The molecule has 1 unspecified atom stereocenters. The predicted molar refractivity (Wildman–Crippen MR) is 75.6 cm³/mol. The van der Waals surface area contributed by atoms with Crippen molar-refractivity contribution in [1.29, 1.82) is 0 Å². The molecule has 0 saturated carbocycles. The van der Waals surface area contributed by atoms with Gasteiger partial charge in [-0.1, -0.05) is 38.1 Å². The Labute approximate surface area is 118 Å². The number of carbonyl (C=O) groups excluding carboxylic acids is 1. The second kappa shape index (κ2) is 5.53. The van der Waals surface area contributed by atoms with E-state index in [2.05, 4.69) is 30.5 Å². The first-order valence-corrected chi connectivity index (χ1v) is 6.76. The van der Waals surface area contributed by atoms with Gasteiger partial charge < -0.3 is 15.7 Å². The highest BCUT2D eigenvalue weighted by Gasteiger charge is 2.36. The molecule has 0 radical (unpaired) electrons. The molecule has 0 bridgehead atoms. The summed E-state index contributed by atoms with van der Waals surface area (Å²) < 4.78 is 0. The molecular formula is C15H20N2O3. The van der Waals surface area contributed by atoms with Crippen LogP contribution in [0.4, 0.5) is 4.79 Å². The van der Waals surface area contributed by atoms with Crippen molar-refractivity contribution in [2.45, 2.75) is 38.1 Å². The van der Waals surface area contributed by atoms with Crippen LogP contribution in [0.1, 0.15) is 43.9 Å². The Kier molecular flexibility index (Phi) is 3.97. The third-order valence-corrected chi connectivity index (χ3v) is 3.71. The molecule has 1 aromatic carbocycles. The van der Waals surface area contributed by atoms with E-state index in [1.165, 1.54) is 5.56 Å². The van der Waals surface area contributed by atoms with Crippen LogP contribution < -0.4 is 10.6 Å². The van der Waals surface area contributed by atoms with Crippen LogP contribution in [-0.4, -0.2) is 23.7 Å². The third-order valence-electron chi connectivity index (χ3n) is 3.71. The van der Waals surface area contributed by atoms with Gasteiger partial charge in [-0.2, -0.15) is 0 Å². The quantitative estimate of drug-likeness (QED) is 0.788. The van der Waals surface area contributed by atoms with E-state index >= 15 is 0 Å². The average molecular weight is 276 g/mol. The summed E-state index contributed by atoms with van der Waals surface area (Å²) in [5.74, 6) is -0.919. The van der Waals surface area contributed by atoms with Crippen LogP contribution in [0.5, 0.6) is 0 Å². The SMILES string of the molecule is CC1(C)CC(NC(=O)NCCC(=O)O)c2ccccc21. The first kappa shape index (κ1) is 14.4. The van der Waals surface area contributed by atoms with E-state index in [-0.39, 0.29) is 30.5 Å². The first-order valence-electron chi connectivity index (χ1n) is 6.76. The van der Waals surface area contributed by atoms with Crippen molar-refractivity contribution in [2.24, 2.45) is 0 Å². The number of carboxylic acids is 1. The largest absolute Gasteiger partial charge is 0.481 e. The van der Waals surface area contributed by atoms with Gasteiger partial charge in [0.15, 0.2) is 0 Å². The van der Waals surface area contributed by atoms with E-state index in [0.29, 0.717) is 0 Å². The fourth-order valence-corrected chi connectivity index (χ4v) is 2.77. The van der Waals surface area contributed by atoms with Crippen molar-refractivity contribution in [3.8, 4) is 0 Å². The van der Waals surface area contributed by atoms with Crippen LogP contribution >= 0.6 is 0 Å². The molecule has 3 N–H and O–H groups in total. The number of hydrogen-bond acceptors (Lipinski definition) is 2. The fourth-order valence-electron chi connectivity index (χ4n) is 2.77. The maximum atomic E-state index is 11.8. The lowest BCUT2D eigenvalue weighted by Gasteiger charge is -2.19. The molecule has 108 valence electrons. The van der Waals surface area contributed by atoms with Crippen molar-refractivity contribution in [3.63, 3.8) is 0 Å². The second-order valence-corrected chi connectivity index (χ2v) is 5.77. The fraction of sp³-hybridized carbons (Fsp3) is 0.467. The van der Waals surface area contributed by atoms with Gasteiger partial charge >= 0.3 is 12.0 Å². The van der Waals surface area contributed by atoms with Crippen molar-refractivity contribution < 1.29 is 14.7 Å². The van der Waals surface area contributed by atoms with Gasteiger partial charge in [0.1, 0.15) is 0 Å². The third kappa shape index (κ3) is 3.10. The Morgan fingerprint density at radius 2 is 2.05 bits per heavy atom. The Balaban J connectivity index is 1.98. The highest BCUT2D eigenvalue weighted by molar-refractivity contribution is 5.75. The number of nitrogens with one attached hydrogen (secondary N) is 2. The number of urea groups is 1. The molecule has 20 heavy (non-hydrogen) atoms. The minimum Gasteiger partial charge on any atom is -0.481 e. The summed E-state index contributed by atoms with van der Waals surface area (Å²) >= 11 is 0. The Hall–Kier alpha value is -2.04. The molecule has 2 rings (SSSR count). The maximum absolute atomic E-state index is 11.8. The van der Waals surface area contributed by atoms with Crippen LogP contribution in [0.2, 0.25) is 0 Å². The molecule has 1 aromatic rings. The van der Waals surface area contributed by atoms with Crippen LogP contribution in [0.15, 0.2) is 24.3 Å². The summed E-state index contributed by atoms with van der Waals surface area (Å²) in [5, 5.41) is 14.0. The summed E-state index contributed by atoms with van der Waals surface area (Å²) in [4.78, 5) is 22.2. The van der Waals surface area contributed by atoms with E-state index in [1.54, 1.807) is 0 Å². The zero-order chi connectivity index (χ0) is 14.8. The summed E-state index contributed by atoms with van der Waals surface area (Å²) in [5.41, 5.74) is 2.44. The standard InChI is InChI=1S/C15H20N2O3/c1-15(2)9-12(10-5-3-4-6-11(10)15)17-14(20)16-8-7-13(18)19/h3-6,12H,7-9H2,1-2H3,(H,18,19)(H2,16,17,20). The molecule has 0 aromatic heterocycles. The monoisotopic (exact) mass is 276 g/mol. The molecule has 5 heteroatoms. The molecule has 1 atom stereocenters. The van der Waals surface area contributed by atoms with E-state index in [9.17, 15) is 9.59 Å². The molecule has 1 aliphatic rings. The summed E-state index contributed by atoms with van der Waals surface area (Å²) in [7, 11) is 0. The van der Waals surface area contributed by atoms with Gasteiger partial charge in [-0.3, -0.25) is 4.79 Å². The van der Waals surface area contributed by atoms with Gasteiger partial charge in [0.2, 0.25) is 0 Å². The zero-order valence-electron chi connectivity index (χ0n) is 11.8. The van der Waals surface area contributed by atoms with Crippen molar-refractivity contribution in [3.05, 3.63) is 35.4 Å². The van der Waals surface area contributed by atoms with Crippen molar-refractivity contribution >= 4 is 12.0 Å². The zero-order valence-corrected chi connectivity index (χ0v) is 11.8. The number of fused-ring (bicyclic) bond motifs is 1. The number of amides is 2. The van der Waals surface area contributed by atoms with Gasteiger partial charge in [-0.05, 0) is 23.0 Å². The van der Waals surface area contributed by atoms with E-state index in [1.807, 2.05) is 18.2 Å². The molecule has 1 aliphatic carbocycles. The summed E-state index contributed by atoms with van der Waals surface area (Å²) in [6, 6.07) is 7.77. The summed E-state index contributed by atoms with van der Waals surface area (Å²) in [6.45, 7) is 4.46. The number of aliphatic carboxylic acids is 1. The maximum Gasteiger partial charge on any atom is 0.315 e. The lowest BCUT2D eigenvalue weighted by Crippen LogP contribution is -2.38. The van der Waals surface area contributed by atoms with E-state index in [4.69, 9.17) is 5.11 Å². The minimum atomic E-state index is -0.919. The Morgan fingerprint density at radius 3 is 2.75 bits per heavy atom. The molecule has 0 fully saturated rings. The van der Waals surface area contributed by atoms with Crippen LogP contribution in [0.3, 0.4) is 0 Å². The van der Waals surface area contributed by atoms with Gasteiger partial charge in [0.25, 0.3) is 0 Å². The van der Waals surface area contributed by atoms with Crippen LogP contribution in [-0.2, 0) is 10.2 Å². The number of benzene rings is 1. The lowest BCUT2D eigenvalue weighted by molar-refractivity contribution is -0.136. The number of rotatable bonds is 4. The van der Waals surface area contributed by atoms with Crippen molar-refractivity contribution in [2.75, 3.05) is 6.54 Å². The first-order chi connectivity index (χ1) is 9.40.